The van der Waals surface area contributed by atoms with Crippen LogP contribution in [0.1, 0.15) is 11.4 Å². The molecule has 0 radical (unpaired) electrons. The Morgan fingerprint density at radius 3 is 2.23 bits per heavy atom. The lowest BCUT2D eigenvalue weighted by molar-refractivity contribution is 0.818. The summed E-state index contributed by atoms with van der Waals surface area (Å²) in [5.74, 6) is 0.906. The number of nitrogens with zero attached hydrogens (tertiary/aromatic N) is 3. The number of thioether (sulfide) groups is 1. The molecule has 0 saturated carbocycles. The van der Waals surface area contributed by atoms with Crippen LogP contribution in [0.3, 0.4) is 0 Å². The molecular formula is C24H18N4O2S. The van der Waals surface area contributed by atoms with Crippen LogP contribution >= 0.6 is 11.8 Å². The number of aryl methyl sites for hydroxylation is 1. The Labute approximate surface area is 181 Å². The standard InChI is InChI=1S/C24H18N4O2S/c1-15-10-12-16(13-11-15)28-23(30)18-7-3-5-9-20(18)26-24(28)31-14-21-25-19-8-4-2-6-17(19)22(29)27-21/h2-13H,14H2,1H3,(H,25,27,29). The third-order valence-electron chi connectivity index (χ3n) is 5.04. The maximum atomic E-state index is 13.3. The van der Waals surface area contributed by atoms with E-state index in [1.54, 1.807) is 16.7 Å². The molecule has 152 valence electrons. The molecule has 0 fully saturated rings. The van der Waals surface area contributed by atoms with E-state index in [1.165, 1.54) is 11.8 Å². The average molecular weight is 427 g/mol. The molecule has 0 unspecified atom stereocenters. The fourth-order valence-electron chi connectivity index (χ4n) is 3.47. The van der Waals surface area contributed by atoms with Gasteiger partial charge in [0.25, 0.3) is 11.1 Å². The highest BCUT2D eigenvalue weighted by Gasteiger charge is 2.14. The van der Waals surface area contributed by atoms with E-state index in [0.717, 1.165) is 11.3 Å². The minimum atomic E-state index is -0.177. The van der Waals surface area contributed by atoms with E-state index < -0.39 is 0 Å². The molecule has 5 rings (SSSR count). The van der Waals surface area contributed by atoms with Crippen LogP contribution in [0.2, 0.25) is 0 Å². The maximum absolute atomic E-state index is 13.3. The summed E-state index contributed by atoms with van der Waals surface area (Å²) in [6.07, 6.45) is 0. The van der Waals surface area contributed by atoms with Crippen LogP contribution in [0.5, 0.6) is 0 Å². The van der Waals surface area contributed by atoms with Gasteiger partial charge < -0.3 is 4.98 Å². The predicted octanol–water partition coefficient (Wildman–Crippen LogP) is 4.22. The van der Waals surface area contributed by atoms with Crippen LogP contribution in [0.25, 0.3) is 27.5 Å². The highest BCUT2D eigenvalue weighted by Crippen LogP contribution is 2.24. The average Bonchev–Trinajstić information content (AvgIpc) is 2.79. The zero-order valence-corrected chi connectivity index (χ0v) is 17.5. The van der Waals surface area contributed by atoms with E-state index in [4.69, 9.17) is 4.98 Å². The van der Waals surface area contributed by atoms with Crippen LogP contribution in [0.15, 0.2) is 87.5 Å². The topological polar surface area (TPSA) is 80.6 Å². The van der Waals surface area contributed by atoms with E-state index in [2.05, 4.69) is 9.97 Å². The normalized spacial score (nSPS) is 11.3. The third kappa shape index (κ3) is 3.64. The molecule has 5 aromatic rings. The van der Waals surface area contributed by atoms with Crippen molar-refractivity contribution >= 4 is 33.6 Å². The van der Waals surface area contributed by atoms with Gasteiger partial charge in [0.2, 0.25) is 0 Å². The highest BCUT2D eigenvalue weighted by atomic mass is 32.2. The lowest BCUT2D eigenvalue weighted by Gasteiger charge is -2.13. The van der Waals surface area contributed by atoms with Gasteiger partial charge in [0.1, 0.15) is 5.82 Å². The smallest absolute Gasteiger partial charge is 0.266 e. The van der Waals surface area contributed by atoms with Crippen LogP contribution < -0.4 is 11.1 Å². The number of para-hydroxylation sites is 2. The molecule has 2 aromatic heterocycles. The molecule has 0 aliphatic carbocycles. The number of aromatic amines is 1. The monoisotopic (exact) mass is 426 g/mol. The number of H-pyrrole nitrogens is 1. The zero-order chi connectivity index (χ0) is 21.4. The highest BCUT2D eigenvalue weighted by molar-refractivity contribution is 7.98. The summed E-state index contributed by atoms with van der Waals surface area (Å²) in [5.41, 5.74) is 2.83. The minimum Gasteiger partial charge on any atom is -0.309 e. The lowest BCUT2D eigenvalue weighted by Crippen LogP contribution is -2.22. The Balaban J connectivity index is 1.60. The van der Waals surface area contributed by atoms with Gasteiger partial charge in [0.15, 0.2) is 5.16 Å². The van der Waals surface area contributed by atoms with Gasteiger partial charge in [-0.15, -0.1) is 0 Å². The molecule has 7 heteroatoms. The Hall–Kier alpha value is -3.71. The number of fused-ring (bicyclic) bond motifs is 2. The number of benzene rings is 3. The first-order valence-electron chi connectivity index (χ1n) is 9.80. The molecule has 3 aromatic carbocycles. The van der Waals surface area contributed by atoms with Crippen molar-refractivity contribution in [3.63, 3.8) is 0 Å². The predicted molar refractivity (Wildman–Crippen MR) is 124 cm³/mol. The first-order chi connectivity index (χ1) is 15.1. The van der Waals surface area contributed by atoms with Crippen molar-refractivity contribution in [2.45, 2.75) is 17.8 Å². The molecular weight excluding hydrogens is 408 g/mol. The second-order valence-corrected chi connectivity index (χ2v) is 8.15. The van der Waals surface area contributed by atoms with Gasteiger partial charge >= 0.3 is 0 Å². The van der Waals surface area contributed by atoms with E-state index in [9.17, 15) is 9.59 Å². The summed E-state index contributed by atoms with van der Waals surface area (Å²) >= 11 is 1.36. The van der Waals surface area contributed by atoms with Crippen LogP contribution in [-0.4, -0.2) is 19.5 Å². The molecule has 2 heterocycles. The second kappa shape index (κ2) is 7.85. The Kier molecular flexibility index (Phi) is 4.88. The van der Waals surface area contributed by atoms with Crippen molar-refractivity contribution in [3.05, 3.63) is 105 Å². The zero-order valence-electron chi connectivity index (χ0n) is 16.7. The number of aromatic nitrogens is 4. The van der Waals surface area contributed by atoms with Crippen molar-refractivity contribution in [2.75, 3.05) is 0 Å². The molecule has 6 nitrogen and oxygen atoms in total. The molecule has 0 aliphatic rings. The Bertz CT molecular complexity index is 1540. The summed E-state index contributed by atoms with van der Waals surface area (Å²) in [6, 6.07) is 22.3. The van der Waals surface area contributed by atoms with Gasteiger partial charge in [-0.1, -0.05) is 53.7 Å². The van der Waals surface area contributed by atoms with E-state index in [1.807, 2.05) is 67.6 Å². The molecule has 0 aliphatic heterocycles. The Morgan fingerprint density at radius 1 is 0.839 bits per heavy atom. The lowest BCUT2D eigenvalue weighted by atomic mass is 10.2. The van der Waals surface area contributed by atoms with Crippen molar-refractivity contribution in [1.29, 1.82) is 0 Å². The molecule has 0 atom stereocenters. The summed E-state index contributed by atoms with van der Waals surface area (Å²) < 4.78 is 1.62. The summed E-state index contributed by atoms with van der Waals surface area (Å²) in [5, 5.41) is 1.66. The quantitative estimate of drug-likeness (QED) is 0.344. The first-order valence-corrected chi connectivity index (χ1v) is 10.8. The summed E-state index contributed by atoms with van der Waals surface area (Å²) in [4.78, 5) is 37.8. The molecule has 0 saturated heterocycles. The first kappa shape index (κ1) is 19.3. The van der Waals surface area contributed by atoms with Crippen molar-refractivity contribution < 1.29 is 0 Å². The van der Waals surface area contributed by atoms with Gasteiger partial charge in [0, 0.05) is 0 Å². The Morgan fingerprint density at radius 2 is 1.48 bits per heavy atom. The van der Waals surface area contributed by atoms with Gasteiger partial charge in [0.05, 0.1) is 33.2 Å². The molecule has 1 N–H and O–H groups in total. The van der Waals surface area contributed by atoms with Gasteiger partial charge in [-0.05, 0) is 43.3 Å². The largest absolute Gasteiger partial charge is 0.309 e. The van der Waals surface area contributed by atoms with Crippen LogP contribution in [0, 0.1) is 6.92 Å². The number of hydrogen-bond acceptors (Lipinski definition) is 5. The molecule has 0 spiro atoms. The van der Waals surface area contributed by atoms with E-state index in [0.29, 0.717) is 38.5 Å². The number of nitrogens with one attached hydrogen (secondary N) is 1. The van der Waals surface area contributed by atoms with Gasteiger partial charge in [-0.3, -0.25) is 14.2 Å². The van der Waals surface area contributed by atoms with Gasteiger partial charge in [-0.2, -0.15) is 0 Å². The minimum absolute atomic E-state index is 0.128. The fraction of sp³-hybridized carbons (Fsp3) is 0.0833. The third-order valence-corrected chi connectivity index (χ3v) is 5.99. The van der Waals surface area contributed by atoms with Crippen molar-refractivity contribution in [2.24, 2.45) is 0 Å². The summed E-state index contributed by atoms with van der Waals surface area (Å²) in [7, 11) is 0. The molecule has 0 bridgehead atoms. The summed E-state index contributed by atoms with van der Waals surface area (Å²) in [6.45, 7) is 2.00. The van der Waals surface area contributed by atoms with Crippen molar-refractivity contribution in [1.82, 2.24) is 19.5 Å². The molecule has 31 heavy (non-hydrogen) atoms. The fourth-order valence-corrected chi connectivity index (χ4v) is 4.35. The molecule has 0 amide bonds. The van der Waals surface area contributed by atoms with Crippen LogP contribution in [0.4, 0.5) is 0 Å². The van der Waals surface area contributed by atoms with E-state index in [-0.39, 0.29) is 11.1 Å². The number of rotatable bonds is 4. The SMILES string of the molecule is Cc1ccc(-n2c(SCc3nc4ccccc4c(=O)[nH]3)nc3ccccc3c2=O)cc1. The van der Waals surface area contributed by atoms with Crippen molar-refractivity contribution in [3.8, 4) is 5.69 Å². The van der Waals surface area contributed by atoms with Crippen LogP contribution in [-0.2, 0) is 5.75 Å². The maximum Gasteiger partial charge on any atom is 0.266 e. The second-order valence-electron chi connectivity index (χ2n) is 7.21. The van der Waals surface area contributed by atoms with Gasteiger partial charge in [-0.25, -0.2) is 9.97 Å². The van der Waals surface area contributed by atoms with E-state index >= 15 is 0 Å². The number of hydrogen-bond donors (Lipinski definition) is 1.